The summed E-state index contributed by atoms with van der Waals surface area (Å²) >= 11 is 3.45. The van der Waals surface area contributed by atoms with Gasteiger partial charge in [0.25, 0.3) is 0 Å². The zero-order chi connectivity index (χ0) is 14.5. The molecule has 1 N–H and O–H groups in total. The van der Waals surface area contributed by atoms with Crippen molar-refractivity contribution >= 4 is 21.8 Å². The van der Waals surface area contributed by atoms with Crippen LogP contribution in [0.5, 0.6) is 0 Å². The molecule has 0 aliphatic carbocycles. The largest absolute Gasteiger partial charge is 0.393 e. The van der Waals surface area contributed by atoms with Gasteiger partial charge in [-0.25, -0.2) is 0 Å². The van der Waals surface area contributed by atoms with Crippen LogP contribution >= 0.6 is 15.9 Å². The highest BCUT2D eigenvalue weighted by Gasteiger charge is 2.21. The van der Waals surface area contributed by atoms with Crippen LogP contribution in [-0.2, 0) is 11.3 Å². The predicted octanol–water partition coefficient (Wildman–Crippen LogP) is 1.86. The van der Waals surface area contributed by atoms with Gasteiger partial charge >= 0.3 is 0 Å². The Labute approximate surface area is 128 Å². The number of nitrogens with zero attached hydrogens (tertiary/aromatic N) is 2. The maximum atomic E-state index is 12.2. The van der Waals surface area contributed by atoms with Gasteiger partial charge in [0.15, 0.2) is 0 Å². The molecule has 1 aromatic carbocycles. The zero-order valence-corrected chi connectivity index (χ0v) is 13.3. The summed E-state index contributed by atoms with van der Waals surface area (Å²) in [5.74, 6) is 0.148. The number of hydrogen-bond acceptors (Lipinski definition) is 3. The lowest BCUT2D eigenvalue weighted by atomic mass is 10.1. The Bertz CT molecular complexity index is 459. The van der Waals surface area contributed by atoms with Gasteiger partial charge in [-0.2, -0.15) is 0 Å². The number of likely N-dealkylation sites (N-methyl/N-ethyl adjacent to an activating group) is 1. The van der Waals surface area contributed by atoms with Gasteiger partial charge in [0.05, 0.1) is 12.6 Å². The van der Waals surface area contributed by atoms with Gasteiger partial charge in [0.2, 0.25) is 5.91 Å². The van der Waals surface area contributed by atoms with Crippen molar-refractivity contribution in [2.24, 2.45) is 0 Å². The van der Waals surface area contributed by atoms with Crippen LogP contribution in [0, 0.1) is 0 Å². The molecule has 0 saturated carbocycles. The van der Waals surface area contributed by atoms with E-state index >= 15 is 0 Å². The second-order valence-corrected chi connectivity index (χ2v) is 6.33. The maximum absolute atomic E-state index is 12.2. The highest BCUT2D eigenvalue weighted by Crippen LogP contribution is 2.14. The zero-order valence-electron chi connectivity index (χ0n) is 11.8. The summed E-state index contributed by atoms with van der Waals surface area (Å²) < 4.78 is 1.06. The van der Waals surface area contributed by atoms with E-state index in [2.05, 4.69) is 28.1 Å². The number of hydrogen-bond donors (Lipinski definition) is 1. The number of halogens is 1. The molecule has 20 heavy (non-hydrogen) atoms. The first-order valence-electron chi connectivity index (χ1n) is 6.93. The SMILES string of the molecule is CN(CC(=O)N1CCC(O)CC1)Cc1cccc(Br)c1. The van der Waals surface area contributed by atoms with E-state index in [1.54, 1.807) is 0 Å². The van der Waals surface area contributed by atoms with Gasteiger partial charge < -0.3 is 10.0 Å². The number of piperidine rings is 1. The molecule has 0 bridgehead atoms. The molecule has 0 atom stereocenters. The molecule has 1 aliphatic rings. The monoisotopic (exact) mass is 340 g/mol. The standard InChI is InChI=1S/C15H21BrN2O2/c1-17(10-12-3-2-4-13(16)9-12)11-15(20)18-7-5-14(19)6-8-18/h2-4,9,14,19H,5-8,10-11H2,1H3. The van der Waals surface area contributed by atoms with E-state index < -0.39 is 0 Å². The molecule has 110 valence electrons. The fraction of sp³-hybridized carbons (Fsp3) is 0.533. The number of likely N-dealkylation sites (tertiary alicyclic amines) is 1. The third-order valence-electron chi connectivity index (χ3n) is 3.56. The maximum Gasteiger partial charge on any atom is 0.236 e. The lowest BCUT2D eigenvalue weighted by molar-refractivity contribution is -0.134. The number of carbonyl (C=O) groups is 1. The minimum absolute atomic E-state index is 0.148. The van der Waals surface area contributed by atoms with Crippen LogP contribution < -0.4 is 0 Å². The highest BCUT2D eigenvalue weighted by molar-refractivity contribution is 9.10. The van der Waals surface area contributed by atoms with Crippen LogP contribution in [0.1, 0.15) is 18.4 Å². The van der Waals surface area contributed by atoms with Gasteiger partial charge in [0, 0.05) is 24.1 Å². The smallest absolute Gasteiger partial charge is 0.236 e. The number of amides is 1. The molecule has 4 nitrogen and oxygen atoms in total. The number of carbonyl (C=O) groups excluding carboxylic acids is 1. The Kier molecular flexibility index (Phi) is 5.57. The van der Waals surface area contributed by atoms with Crippen LogP contribution in [0.3, 0.4) is 0 Å². The molecule has 5 heteroatoms. The first kappa shape index (κ1) is 15.5. The number of benzene rings is 1. The number of aliphatic hydroxyl groups excluding tert-OH is 1. The fourth-order valence-electron chi connectivity index (χ4n) is 2.45. The second-order valence-electron chi connectivity index (χ2n) is 5.41. The van der Waals surface area contributed by atoms with E-state index in [-0.39, 0.29) is 12.0 Å². The Morgan fingerprint density at radius 1 is 1.45 bits per heavy atom. The van der Waals surface area contributed by atoms with Crippen molar-refractivity contribution in [2.45, 2.75) is 25.5 Å². The average molecular weight is 341 g/mol. The van der Waals surface area contributed by atoms with Crippen LogP contribution in [0.15, 0.2) is 28.7 Å². The molecular weight excluding hydrogens is 320 g/mol. The quantitative estimate of drug-likeness (QED) is 0.909. The van der Waals surface area contributed by atoms with Crippen molar-refractivity contribution in [2.75, 3.05) is 26.7 Å². The van der Waals surface area contributed by atoms with Gasteiger partial charge in [0.1, 0.15) is 0 Å². The fourth-order valence-corrected chi connectivity index (χ4v) is 2.90. The molecule has 1 aromatic rings. The minimum Gasteiger partial charge on any atom is -0.393 e. The van der Waals surface area contributed by atoms with Gasteiger partial charge in [-0.1, -0.05) is 28.1 Å². The summed E-state index contributed by atoms with van der Waals surface area (Å²) in [5.41, 5.74) is 1.18. The Morgan fingerprint density at radius 2 is 2.15 bits per heavy atom. The lowest BCUT2D eigenvalue weighted by Crippen LogP contribution is -2.44. The number of rotatable bonds is 4. The second kappa shape index (κ2) is 7.20. The van der Waals surface area contributed by atoms with Gasteiger partial charge in [-0.05, 0) is 37.6 Å². The van der Waals surface area contributed by atoms with Crippen molar-refractivity contribution in [3.8, 4) is 0 Å². The van der Waals surface area contributed by atoms with Gasteiger partial charge in [-0.3, -0.25) is 9.69 Å². The van der Waals surface area contributed by atoms with Crippen LogP contribution in [-0.4, -0.2) is 53.6 Å². The molecule has 1 heterocycles. The first-order valence-corrected chi connectivity index (χ1v) is 7.73. The third kappa shape index (κ3) is 4.58. The molecule has 0 radical (unpaired) electrons. The molecule has 1 saturated heterocycles. The van der Waals surface area contributed by atoms with Crippen LogP contribution in [0.2, 0.25) is 0 Å². The van der Waals surface area contributed by atoms with E-state index in [0.717, 1.165) is 11.0 Å². The lowest BCUT2D eigenvalue weighted by Gasteiger charge is -2.31. The van der Waals surface area contributed by atoms with Crippen molar-refractivity contribution in [1.82, 2.24) is 9.80 Å². The Hall–Kier alpha value is -0.910. The van der Waals surface area contributed by atoms with Gasteiger partial charge in [-0.15, -0.1) is 0 Å². The molecule has 0 unspecified atom stereocenters. The molecule has 1 aliphatic heterocycles. The predicted molar refractivity (Wildman–Crippen MR) is 82.3 cm³/mol. The van der Waals surface area contributed by atoms with Crippen molar-refractivity contribution in [3.05, 3.63) is 34.3 Å². The van der Waals surface area contributed by atoms with Crippen LogP contribution in [0.4, 0.5) is 0 Å². The molecule has 2 rings (SSSR count). The summed E-state index contributed by atoms with van der Waals surface area (Å²) in [4.78, 5) is 16.0. The molecule has 1 amide bonds. The molecule has 0 spiro atoms. The van der Waals surface area contributed by atoms with Crippen molar-refractivity contribution in [1.29, 1.82) is 0 Å². The van der Waals surface area contributed by atoms with E-state index in [0.29, 0.717) is 32.5 Å². The summed E-state index contributed by atoms with van der Waals surface area (Å²) in [7, 11) is 1.96. The molecular formula is C15H21BrN2O2. The van der Waals surface area contributed by atoms with E-state index in [4.69, 9.17) is 0 Å². The summed E-state index contributed by atoms with van der Waals surface area (Å²) in [6.45, 7) is 2.51. The Morgan fingerprint density at radius 3 is 2.80 bits per heavy atom. The normalized spacial score (nSPS) is 16.7. The van der Waals surface area contributed by atoms with E-state index in [9.17, 15) is 9.90 Å². The molecule has 1 fully saturated rings. The van der Waals surface area contributed by atoms with E-state index in [1.807, 2.05) is 29.0 Å². The average Bonchev–Trinajstić information content (AvgIpc) is 2.39. The summed E-state index contributed by atoms with van der Waals surface area (Å²) in [5, 5.41) is 9.46. The minimum atomic E-state index is -0.238. The summed E-state index contributed by atoms with van der Waals surface area (Å²) in [6, 6.07) is 8.12. The summed E-state index contributed by atoms with van der Waals surface area (Å²) in [6.07, 6.45) is 1.15. The van der Waals surface area contributed by atoms with Crippen molar-refractivity contribution < 1.29 is 9.90 Å². The Balaban J connectivity index is 1.82. The van der Waals surface area contributed by atoms with Crippen LogP contribution in [0.25, 0.3) is 0 Å². The topological polar surface area (TPSA) is 43.8 Å². The number of aliphatic hydroxyl groups is 1. The first-order chi connectivity index (χ1) is 9.54. The highest BCUT2D eigenvalue weighted by atomic mass is 79.9. The third-order valence-corrected chi connectivity index (χ3v) is 4.06. The van der Waals surface area contributed by atoms with E-state index in [1.165, 1.54) is 5.56 Å². The molecule has 0 aromatic heterocycles. The van der Waals surface area contributed by atoms with Crippen molar-refractivity contribution in [3.63, 3.8) is 0 Å².